The molecule has 2 rings (SSSR count). The molecule has 0 spiro atoms. The molecule has 5 heteroatoms. The van der Waals surface area contributed by atoms with Crippen molar-refractivity contribution < 1.29 is 22.6 Å². The molecule has 0 radical (unpaired) electrons. The van der Waals surface area contributed by atoms with Crippen molar-refractivity contribution in [3.8, 4) is 5.75 Å². The van der Waals surface area contributed by atoms with Gasteiger partial charge in [0.2, 0.25) is 0 Å². The highest BCUT2D eigenvalue weighted by molar-refractivity contribution is 5.28. The number of hydrogen-bond acceptors (Lipinski definition) is 2. The largest absolute Gasteiger partial charge is 0.573 e. The maximum Gasteiger partial charge on any atom is 0.573 e. The Morgan fingerprint density at radius 2 is 1.70 bits per heavy atom. The first kappa shape index (κ1) is 18.1. The molecule has 0 N–H and O–H groups in total. The number of halogens is 3. The molecule has 2 nitrogen and oxygen atoms in total. The standard InChI is InChI=1S/C18H25F3O2/c1-13(2)15-8-10-17(22-3,11-9-15)12-14-4-6-16(7-5-14)23-18(19,20)21/h4-7,13,15H,8-12H2,1-3H3. The van der Waals surface area contributed by atoms with Gasteiger partial charge in [-0.1, -0.05) is 26.0 Å². The van der Waals surface area contributed by atoms with Crippen molar-refractivity contribution in [1.82, 2.24) is 0 Å². The fourth-order valence-electron chi connectivity index (χ4n) is 3.47. The van der Waals surface area contributed by atoms with E-state index in [9.17, 15) is 13.2 Å². The van der Waals surface area contributed by atoms with Crippen molar-refractivity contribution in [2.24, 2.45) is 11.8 Å². The monoisotopic (exact) mass is 330 g/mol. The minimum absolute atomic E-state index is 0.184. The molecule has 1 aromatic rings. The number of methoxy groups -OCH3 is 1. The number of benzene rings is 1. The van der Waals surface area contributed by atoms with Crippen LogP contribution in [0.3, 0.4) is 0 Å². The van der Waals surface area contributed by atoms with Crippen molar-refractivity contribution in [3.63, 3.8) is 0 Å². The Hall–Kier alpha value is -1.23. The summed E-state index contributed by atoms with van der Waals surface area (Å²) in [5.74, 6) is 1.24. The molecule has 130 valence electrons. The molecule has 1 saturated carbocycles. The highest BCUT2D eigenvalue weighted by atomic mass is 19.4. The van der Waals surface area contributed by atoms with Gasteiger partial charge in [0.25, 0.3) is 0 Å². The molecule has 1 fully saturated rings. The molecule has 1 aliphatic rings. The van der Waals surface area contributed by atoms with Gasteiger partial charge < -0.3 is 9.47 Å². The van der Waals surface area contributed by atoms with Crippen LogP contribution in [-0.2, 0) is 11.2 Å². The van der Waals surface area contributed by atoms with Crippen molar-refractivity contribution in [1.29, 1.82) is 0 Å². The molecular formula is C18H25F3O2. The number of ether oxygens (including phenoxy) is 2. The Balaban J connectivity index is 1.99. The van der Waals surface area contributed by atoms with E-state index in [1.807, 2.05) is 0 Å². The van der Waals surface area contributed by atoms with Crippen LogP contribution in [0.15, 0.2) is 24.3 Å². The summed E-state index contributed by atoms with van der Waals surface area (Å²) in [5, 5.41) is 0. The molecule has 23 heavy (non-hydrogen) atoms. The van der Waals surface area contributed by atoms with Crippen LogP contribution in [-0.4, -0.2) is 19.1 Å². The van der Waals surface area contributed by atoms with Gasteiger partial charge in [0.05, 0.1) is 5.60 Å². The third-order valence-electron chi connectivity index (χ3n) is 5.00. The summed E-state index contributed by atoms with van der Waals surface area (Å²) in [6.07, 6.45) is 0.340. The second-order valence-electron chi connectivity index (χ2n) is 6.84. The van der Waals surface area contributed by atoms with Crippen molar-refractivity contribution >= 4 is 0 Å². The van der Waals surface area contributed by atoms with E-state index in [1.165, 1.54) is 12.1 Å². The molecule has 0 heterocycles. The van der Waals surface area contributed by atoms with Gasteiger partial charge in [-0.2, -0.15) is 0 Å². The third-order valence-corrected chi connectivity index (χ3v) is 5.00. The van der Waals surface area contributed by atoms with Gasteiger partial charge in [-0.25, -0.2) is 0 Å². The highest BCUT2D eigenvalue weighted by Gasteiger charge is 2.36. The Kier molecular flexibility index (Phi) is 5.61. The summed E-state index contributed by atoms with van der Waals surface area (Å²) in [6, 6.07) is 6.12. The Labute approximate surface area is 136 Å². The smallest absolute Gasteiger partial charge is 0.406 e. The predicted molar refractivity (Wildman–Crippen MR) is 83.4 cm³/mol. The van der Waals surface area contributed by atoms with Crippen LogP contribution < -0.4 is 4.74 Å². The van der Waals surface area contributed by atoms with Crippen LogP contribution in [0.25, 0.3) is 0 Å². The van der Waals surface area contributed by atoms with Gasteiger partial charge >= 0.3 is 6.36 Å². The first-order chi connectivity index (χ1) is 10.7. The van der Waals surface area contributed by atoms with E-state index in [1.54, 1.807) is 19.2 Å². The molecule has 0 atom stereocenters. The third kappa shape index (κ3) is 5.13. The average Bonchev–Trinajstić information content (AvgIpc) is 2.48. The van der Waals surface area contributed by atoms with Crippen molar-refractivity contribution in [2.45, 2.75) is 57.9 Å². The quantitative estimate of drug-likeness (QED) is 0.723. The maximum atomic E-state index is 12.2. The van der Waals surface area contributed by atoms with Crippen LogP contribution in [0.2, 0.25) is 0 Å². The average molecular weight is 330 g/mol. The summed E-state index contributed by atoms with van der Waals surface area (Å²) in [7, 11) is 1.73. The zero-order valence-corrected chi connectivity index (χ0v) is 14.0. The number of alkyl halides is 3. The van der Waals surface area contributed by atoms with Crippen LogP contribution >= 0.6 is 0 Å². The summed E-state index contributed by atoms with van der Waals surface area (Å²) in [5.41, 5.74) is 0.780. The van der Waals surface area contributed by atoms with Gasteiger partial charge in [0.1, 0.15) is 5.75 Å². The number of hydrogen-bond donors (Lipinski definition) is 0. The van der Waals surface area contributed by atoms with Crippen molar-refractivity contribution in [2.75, 3.05) is 7.11 Å². The van der Waals surface area contributed by atoms with E-state index in [4.69, 9.17) is 4.74 Å². The molecule has 0 aromatic heterocycles. The van der Waals surface area contributed by atoms with Crippen LogP contribution in [0.5, 0.6) is 5.75 Å². The minimum Gasteiger partial charge on any atom is -0.406 e. The molecule has 0 saturated heterocycles. The molecular weight excluding hydrogens is 305 g/mol. The molecule has 0 unspecified atom stereocenters. The topological polar surface area (TPSA) is 18.5 Å². The second-order valence-corrected chi connectivity index (χ2v) is 6.84. The van der Waals surface area contributed by atoms with E-state index >= 15 is 0 Å². The van der Waals surface area contributed by atoms with E-state index in [0.717, 1.165) is 43.6 Å². The maximum absolute atomic E-state index is 12.2. The molecule has 1 aliphatic carbocycles. The van der Waals surface area contributed by atoms with Gasteiger partial charge in [-0.05, 0) is 55.2 Å². The summed E-state index contributed by atoms with van der Waals surface area (Å²) < 4.78 is 46.3. The van der Waals surface area contributed by atoms with E-state index in [2.05, 4.69) is 18.6 Å². The van der Waals surface area contributed by atoms with Crippen LogP contribution in [0.4, 0.5) is 13.2 Å². The minimum atomic E-state index is -4.65. The Bertz CT molecular complexity index is 486. The zero-order chi connectivity index (χ0) is 17.1. The first-order valence-electron chi connectivity index (χ1n) is 8.13. The Morgan fingerprint density at radius 1 is 1.13 bits per heavy atom. The van der Waals surface area contributed by atoms with E-state index in [0.29, 0.717) is 5.92 Å². The van der Waals surface area contributed by atoms with Crippen LogP contribution in [0.1, 0.15) is 45.1 Å². The lowest BCUT2D eigenvalue weighted by Gasteiger charge is -2.40. The molecule has 0 amide bonds. The SMILES string of the molecule is COC1(Cc2ccc(OC(F)(F)F)cc2)CCC(C(C)C)CC1. The lowest BCUT2D eigenvalue weighted by molar-refractivity contribution is -0.274. The molecule has 0 aliphatic heterocycles. The fourth-order valence-corrected chi connectivity index (χ4v) is 3.47. The van der Waals surface area contributed by atoms with E-state index < -0.39 is 6.36 Å². The second kappa shape index (κ2) is 7.12. The van der Waals surface area contributed by atoms with Gasteiger partial charge in [0.15, 0.2) is 0 Å². The van der Waals surface area contributed by atoms with Gasteiger partial charge in [0, 0.05) is 13.5 Å². The van der Waals surface area contributed by atoms with Crippen molar-refractivity contribution in [3.05, 3.63) is 29.8 Å². The Morgan fingerprint density at radius 3 is 2.13 bits per heavy atom. The first-order valence-corrected chi connectivity index (χ1v) is 8.13. The summed E-state index contributed by atoms with van der Waals surface area (Å²) >= 11 is 0. The lowest BCUT2D eigenvalue weighted by Crippen LogP contribution is -2.39. The van der Waals surface area contributed by atoms with Gasteiger partial charge in [-0.15, -0.1) is 13.2 Å². The lowest BCUT2D eigenvalue weighted by atomic mass is 9.72. The van der Waals surface area contributed by atoms with Gasteiger partial charge in [-0.3, -0.25) is 0 Å². The fraction of sp³-hybridized carbons (Fsp3) is 0.667. The summed E-state index contributed by atoms with van der Waals surface area (Å²) in [6.45, 7) is 4.51. The number of rotatable bonds is 5. The van der Waals surface area contributed by atoms with E-state index in [-0.39, 0.29) is 11.4 Å². The normalized spacial score (nSPS) is 25.6. The highest BCUT2D eigenvalue weighted by Crippen LogP contribution is 2.39. The molecule has 0 bridgehead atoms. The zero-order valence-electron chi connectivity index (χ0n) is 14.0. The summed E-state index contributed by atoms with van der Waals surface area (Å²) in [4.78, 5) is 0. The predicted octanol–water partition coefficient (Wildman–Crippen LogP) is 5.36. The molecule has 1 aromatic carbocycles. The van der Waals surface area contributed by atoms with Crippen LogP contribution in [0, 0.1) is 11.8 Å².